The molecule has 0 saturated heterocycles. The first kappa shape index (κ1) is 8.98. The second-order valence-electron chi connectivity index (χ2n) is 1.97. The molecule has 13 heavy (non-hydrogen) atoms. The van der Waals surface area contributed by atoms with E-state index in [4.69, 9.17) is 0 Å². The van der Waals surface area contributed by atoms with E-state index >= 15 is 0 Å². The number of esters is 1. The minimum Gasteiger partial charge on any atom is -0.429 e. The number of nitro groups is 1. The van der Waals surface area contributed by atoms with E-state index in [1.54, 1.807) is 0 Å². The summed E-state index contributed by atoms with van der Waals surface area (Å²) in [5, 5.41) is 10.1. The number of furan rings is 1. The van der Waals surface area contributed by atoms with E-state index in [0.29, 0.717) is 0 Å². The molecular formula is C7H5NO5. The Kier molecular flexibility index (Phi) is 2.44. The summed E-state index contributed by atoms with van der Waals surface area (Å²) in [5.41, 5.74) is 0. The smallest absolute Gasteiger partial charge is 0.429 e. The maximum Gasteiger partial charge on any atom is 0.433 e. The Morgan fingerprint density at radius 3 is 2.85 bits per heavy atom. The van der Waals surface area contributed by atoms with Crippen LogP contribution in [0.1, 0.15) is 10.6 Å². The second-order valence-corrected chi connectivity index (χ2v) is 1.97. The summed E-state index contributed by atoms with van der Waals surface area (Å²) >= 11 is 0. The molecule has 0 unspecified atom stereocenters. The standard InChI is InChI=1S/C7H5NO5/c1-2-12-7(9)5-3-4-6(13-5)8(10)11/h2-4H,1H2. The van der Waals surface area contributed by atoms with Crippen molar-refractivity contribution in [2.75, 3.05) is 0 Å². The molecule has 0 amide bonds. The molecule has 0 spiro atoms. The van der Waals surface area contributed by atoms with Crippen LogP contribution in [-0.4, -0.2) is 10.9 Å². The summed E-state index contributed by atoms with van der Waals surface area (Å²) in [6, 6.07) is 2.23. The van der Waals surface area contributed by atoms with Gasteiger partial charge in [-0.1, -0.05) is 6.58 Å². The normalized spacial score (nSPS) is 9.23. The van der Waals surface area contributed by atoms with E-state index in [-0.39, 0.29) is 5.76 Å². The van der Waals surface area contributed by atoms with Crippen molar-refractivity contribution in [2.24, 2.45) is 0 Å². The minimum absolute atomic E-state index is 0.230. The summed E-state index contributed by atoms with van der Waals surface area (Å²) < 4.78 is 8.87. The van der Waals surface area contributed by atoms with Crippen LogP contribution in [-0.2, 0) is 4.74 Å². The Balaban J connectivity index is 2.85. The van der Waals surface area contributed by atoms with Crippen LogP contribution >= 0.6 is 0 Å². The molecule has 0 radical (unpaired) electrons. The first-order valence-electron chi connectivity index (χ1n) is 3.21. The lowest BCUT2D eigenvalue weighted by Crippen LogP contribution is -1.97. The quantitative estimate of drug-likeness (QED) is 0.307. The van der Waals surface area contributed by atoms with E-state index < -0.39 is 16.8 Å². The van der Waals surface area contributed by atoms with Gasteiger partial charge in [0.05, 0.1) is 12.3 Å². The number of nitrogens with zero attached hydrogens (tertiary/aromatic N) is 1. The van der Waals surface area contributed by atoms with E-state index in [1.807, 2.05) is 0 Å². The summed E-state index contributed by atoms with van der Waals surface area (Å²) in [6.45, 7) is 3.15. The monoisotopic (exact) mass is 183 g/mol. The number of hydrogen-bond donors (Lipinski definition) is 0. The maximum atomic E-state index is 10.9. The van der Waals surface area contributed by atoms with Gasteiger partial charge in [0, 0.05) is 0 Å². The van der Waals surface area contributed by atoms with Crippen LogP contribution in [0.2, 0.25) is 0 Å². The van der Waals surface area contributed by atoms with Gasteiger partial charge in [-0.05, 0) is 6.07 Å². The lowest BCUT2D eigenvalue weighted by atomic mass is 10.4. The summed E-state index contributed by atoms with van der Waals surface area (Å²) in [6.07, 6.45) is 0.913. The van der Waals surface area contributed by atoms with Gasteiger partial charge in [0.15, 0.2) is 0 Å². The molecule has 0 bridgehead atoms. The number of hydrogen-bond acceptors (Lipinski definition) is 5. The lowest BCUT2D eigenvalue weighted by Gasteiger charge is -1.91. The number of ether oxygens (including phenoxy) is 1. The van der Waals surface area contributed by atoms with Crippen LogP contribution in [0.3, 0.4) is 0 Å². The van der Waals surface area contributed by atoms with Gasteiger partial charge in [0.2, 0.25) is 5.76 Å². The van der Waals surface area contributed by atoms with E-state index in [1.165, 1.54) is 0 Å². The zero-order valence-electron chi connectivity index (χ0n) is 6.43. The molecule has 0 fully saturated rings. The molecule has 6 nitrogen and oxygen atoms in total. The van der Waals surface area contributed by atoms with Crippen LogP contribution in [0.25, 0.3) is 0 Å². The molecule has 0 aromatic carbocycles. The first-order chi connectivity index (χ1) is 6.15. The van der Waals surface area contributed by atoms with Crippen LogP contribution in [0.4, 0.5) is 5.88 Å². The summed E-state index contributed by atoms with van der Waals surface area (Å²) in [7, 11) is 0. The fraction of sp³-hybridized carbons (Fsp3) is 0. The topological polar surface area (TPSA) is 82.6 Å². The molecule has 0 aliphatic carbocycles. The third-order valence-electron chi connectivity index (χ3n) is 1.16. The predicted octanol–water partition coefficient (Wildman–Crippen LogP) is 1.49. The minimum atomic E-state index is -0.817. The zero-order valence-corrected chi connectivity index (χ0v) is 6.43. The van der Waals surface area contributed by atoms with E-state index in [2.05, 4.69) is 15.7 Å². The van der Waals surface area contributed by atoms with Crippen LogP contribution in [0.15, 0.2) is 29.4 Å². The van der Waals surface area contributed by atoms with Gasteiger partial charge < -0.3 is 9.15 Å². The van der Waals surface area contributed by atoms with Crippen molar-refractivity contribution in [1.29, 1.82) is 0 Å². The fourth-order valence-corrected chi connectivity index (χ4v) is 0.669. The Labute approximate surface area is 72.6 Å². The van der Waals surface area contributed by atoms with Crippen molar-refractivity contribution in [1.82, 2.24) is 0 Å². The van der Waals surface area contributed by atoms with Crippen molar-refractivity contribution in [3.05, 3.63) is 40.8 Å². The molecule has 0 aliphatic heterocycles. The third kappa shape index (κ3) is 1.92. The van der Waals surface area contributed by atoms with Crippen LogP contribution < -0.4 is 0 Å². The molecule has 68 valence electrons. The lowest BCUT2D eigenvalue weighted by molar-refractivity contribution is -0.402. The highest BCUT2D eigenvalue weighted by atomic mass is 16.7. The Morgan fingerprint density at radius 1 is 1.69 bits per heavy atom. The Bertz CT molecular complexity index is 354. The fourth-order valence-electron chi connectivity index (χ4n) is 0.669. The van der Waals surface area contributed by atoms with Gasteiger partial charge >= 0.3 is 11.9 Å². The van der Waals surface area contributed by atoms with Crippen molar-refractivity contribution in [3.8, 4) is 0 Å². The molecule has 1 aromatic heterocycles. The second kappa shape index (κ2) is 3.53. The average Bonchev–Trinajstić information content (AvgIpc) is 2.52. The highest BCUT2D eigenvalue weighted by Gasteiger charge is 2.17. The molecule has 0 atom stereocenters. The van der Waals surface area contributed by atoms with Crippen molar-refractivity contribution in [2.45, 2.75) is 0 Å². The average molecular weight is 183 g/mol. The highest BCUT2D eigenvalue weighted by Crippen LogP contribution is 2.16. The first-order valence-corrected chi connectivity index (χ1v) is 3.21. The SMILES string of the molecule is C=COC(=O)c1ccc([N+](=O)[O-])o1. The van der Waals surface area contributed by atoms with Gasteiger partial charge in [-0.2, -0.15) is 0 Å². The van der Waals surface area contributed by atoms with Gasteiger partial charge in [-0.3, -0.25) is 10.1 Å². The van der Waals surface area contributed by atoms with Gasteiger partial charge in [0.25, 0.3) is 0 Å². The Hall–Kier alpha value is -2.11. The molecule has 0 aliphatic rings. The zero-order chi connectivity index (χ0) is 9.84. The third-order valence-corrected chi connectivity index (χ3v) is 1.16. The molecule has 6 heteroatoms. The van der Waals surface area contributed by atoms with Crippen LogP contribution in [0, 0.1) is 10.1 Å². The largest absolute Gasteiger partial charge is 0.433 e. The molecule has 0 saturated carbocycles. The molecule has 1 heterocycles. The number of carbonyl (C=O) groups is 1. The van der Waals surface area contributed by atoms with Gasteiger partial charge in [-0.15, -0.1) is 0 Å². The van der Waals surface area contributed by atoms with Gasteiger partial charge in [0.1, 0.15) is 4.92 Å². The molecule has 1 aromatic rings. The highest BCUT2D eigenvalue weighted by molar-refractivity contribution is 5.86. The van der Waals surface area contributed by atoms with E-state index in [9.17, 15) is 14.9 Å². The van der Waals surface area contributed by atoms with Crippen LogP contribution in [0.5, 0.6) is 0 Å². The summed E-state index contributed by atoms with van der Waals surface area (Å²) in [4.78, 5) is 20.3. The predicted molar refractivity (Wildman–Crippen MR) is 41.0 cm³/mol. The molecule has 0 N–H and O–H groups in total. The van der Waals surface area contributed by atoms with Crippen molar-refractivity contribution in [3.63, 3.8) is 0 Å². The molecule has 1 rings (SSSR count). The molecular weight excluding hydrogens is 178 g/mol. The number of carbonyl (C=O) groups excluding carboxylic acids is 1. The van der Waals surface area contributed by atoms with Gasteiger partial charge in [-0.25, -0.2) is 4.79 Å². The summed E-state index contributed by atoms with van der Waals surface area (Å²) in [5.74, 6) is -1.55. The maximum absolute atomic E-state index is 10.9. The van der Waals surface area contributed by atoms with Crippen molar-refractivity contribution < 1.29 is 18.9 Å². The Morgan fingerprint density at radius 2 is 2.38 bits per heavy atom. The van der Waals surface area contributed by atoms with Crippen molar-refractivity contribution >= 4 is 11.9 Å². The van der Waals surface area contributed by atoms with E-state index in [0.717, 1.165) is 18.4 Å². The number of rotatable bonds is 3.